The molecule has 0 saturated heterocycles. The molecule has 0 aliphatic carbocycles. The number of fused-ring (bicyclic) bond motifs is 1. The molecule has 0 spiro atoms. The van der Waals surface area contributed by atoms with E-state index in [-0.39, 0.29) is 18.1 Å². The van der Waals surface area contributed by atoms with Crippen LogP contribution in [0.1, 0.15) is 43.1 Å². The van der Waals surface area contributed by atoms with Gasteiger partial charge in [0, 0.05) is 16.0 Å². The van der Waals surface area contributed by atoms with Crippen LogP contribution in [0.4, 0.5) is 0 Å². The van der Waals surface area contributed by atoms with E-state index < -0.39 is 0 Å². The van der Waals surface area contributed by atoms with Crippen molar-refractivity contribution in [1.82, 2.24) is 9.66 Å². The van der Waals surface area contributed by atoms with Gasteiger partial charge in [0.05, 0.1) is 24.2 Å². The van der Waals surface area contributed by atoms with Crippen molar-refractivity contribution in [3.8, 4) is 23.8 Å². The fourth-order valence-electron chi connectivity index (χ4n) is 3.40. The van der Waals surface area contributed by atoms with Gasteiger partial charge in [-0.1, -0.05) is 41.8 Å². The molecule has 3 aromatic rings. The van der Waals surface area contributed by atoms with Gasteiger partial charge in [-0.15, -0.1) is 13.0 Å². The SMILES string of the molecule is C#CCOc1c(CC=C)cc(C=Nn2c([C@H](C)CC)nc3ccc(Br)cc3c2=O)cc1OC. The molecule has 0 aliphatic heterocycles. The highest BCUT2D eigenvalue weighted by atomic mass is 79.9. The summed E-state index contributed by atoms with van der Waals surface area (Å²) >= 11 is 3.43. The molecule has 0 unspecified atom stereocenters. The number of halogens is 1. The summed E-state index contributed by atoms with van der Waals surface area (Å²) in [5, 5.41) is 5.04. The van der Waals surface area contributed by atoms with Crippen LogP contribution in [-0.2, 0) is 6.42 Å². The Labute approximate surface area is 202 Å². The summed E-state index contributed by atoms with van der Waals surface area (Å²) in [5.41, 5.74) is 2.03. The van der Waals surface area contributed by atoms with E-state index in [1.165, 1.54) is 4.68 Å². The third-order valence-electron chi connectivity index (χ3n) is 5.25. The van der Waals surface area contributed by atoms with E-state index in [0.29, 0.717) is 34.6 Å². The zero-order valence-electron chi connectivity index (χ0n) is 19.0. The van der Waals surface area contributed by atoms with Gasteiger partial charge in [-0.3, -0.25) is 4.79 Å². The minimum atomic E-state index is -0.222. The van der Waals surface area contributed by atoms with Crippen LogP contribution in [0.25, 0.3) is 10.9 Å². The van der Waals surface area contributed by atoms with Crippen molar-refractivity contribution >= 4 is 33.0 Å². The number of hydrogen-bond acceptors (Lipinski definition) is 5. The van der Waals surface area contributed by atoms with Crippen LogP contribution < -0.4 is 15.0 Å². The van der Waals surface area contributed by atoms with Crippen molar-refractivity contribution < 1.29 is 9.47 Å². The average Bonchev–Trinajstić information content (AvgIpc) is 2.82. The Hall–Kier alpha value is -3.37. The van der Waals surface area contributed by atoms with Gasteiger partial charge in [-0.2, -0.15) is 9.78 Å². The third-order valence-corrected chi connectivity index (χ3v) is 5.74. The number of allylic oxidation sites excluding steroid dienone is 1. The van der Waals surface area contributed by atoms with Gasteiger partial charge in [0.15, 0.2) is 11.5 Å². The first-order valence-electron chi connectivity index (χ1n) is 10.6. The lowest BCUT2D eigenvalue weighted by atomic mass is 10.1. The minimum absolute atomic E-state index is 0.0494. The summed E-state index contributed by atoms with van der Waals surface area (Å²) in [6.07, 6.45) is 10.1. The lowest BCUT2D eigenvalue weighted by Gasteiger charge is -2.15. The van der Waals surface area contributed by atoms with Crippen LogP contribution in [0.3, 0.4) is 0 Å². The second-order valence-corrected chi connectivity index (χ2v) is 8.41. The zero-order valence-corrected chi connectivity index (χ0v) is 20.6. The molecule has 0 N–H and O–H groups in total. The fraction of sp³-hybridized carbons (Fsp3) is 0.269. The predicted molar refractivity (Wildman–Crippen MR) is 137 cm³/mol. The molecule has 3 rings (SSSR count). The van der Waals surface area contributed by atoms with Crippen LogP contribution in [0.15, 0.2) is 57.4 Å². The van der Waals surface area contributed by atoms with Gasteiger partial charge < -0.3 is 9.47 Å². The summed E-state index contributed by atoms with van der Waals surface area (Å²) in [4.78, 5) is 18.1. The van der Waals surface area contributed by atoms with Crippen LogP contribution in [0.2, 0.25) is 0 Å². The van der Waals surface area contributed by atoms with Gasteiger partial charge in [-0.25, -0.2) is 4.98 Å². The molecule has 0 bridgehead atoms. The second-order valence-electron chi connectivity index (χ2n) is 7.50. The molecular formula is C26H26BrN3O3. The quantitative estimate of drug-likeness (QED) is 0.224. The van der Waals surface area contributed by atoms with Crippen LogP contribution in [-0.4, -0.2) is 29.6 Å². The average molecular weight is 508 g/mol. The van der Waals surface area contributed by atoms with E-state index in [9.17, 15) is 4.79 Å². The monoisotopic (exact) mass is 507 g/mol. The number of nitrogens with zero attached hydrogens (tertiary/aromatic N) is 3. The molecule has 1 aromatic heterocycles. The lowest BCUT2D eigenvalue weighted by Crippen LogP contribution is -2.23. The number of benzene rings is 2. The first-order valence-corrected chi connectivity index (χ1v) is 11.4. The number of rotatable bonds is 9. The van der Waals surface area contributed by atoms with Crippen molar-refractivity contribution in [2.45, 2.75) is 32.6 Å². The summed E-state index contributed by atoms with van der Waals surface area (Å²) < 4.78 is 13.4. The maximum absolute atomic E-state index is 13.3. The third kappa shape index (κ3) is 5.35. The molecule has 0 aliphatic rings. The summed E-state index contributed by atoms with van der Waals surface area (Å²) in [7, 11) is 1.56. The van der Waals surface area contributed by atoms with Gasteiger partial charge in [0.25, 0.3) is 5.56 Å². The molecule has 1 heterocycles. The van der Waals surface area contributed by atoms with Crippen molar-refractivity contribution in [3.05, 3.63) is 74.8 Å². The number of hydrogen-bond donors (Lipinski definition) is 0. The van der Waals surface area contributed by atoms with Gasteiger partial charge in [0.1, 0.15) is 12.4 Å². The molecular weight excluding hydrogens is 482 g/mol. The molecule has 2 aromatic carbocycles. The van der Waals surface area contributed by atoms with Gasteiger partial charge >= 0.3 is 0 Å². The highest BCUT2D eigenvalue weighted by Gasteiger charge is 2.16. The predicted octanol–water partition coefficient (Wildman–Crippen LogP) is 5.30. The molecule has 33 heavy (non-hydrogen) atoms. The Bertz CT molecular complexity index is 1300. The van der Waals surface area contributed by atoms with E-state index in [0.717, 1.165) is 22.0 Å². The molecule has 1 atom stereocenters. The Morgan fingerprint density at radius 2 is 2.15 bits per heavy atom. The van der Waals surface area contributed by atoms with Gasteiger partial charge in [-0.05, 0) is 48.7 Å². The van der Waals surface area contributed by atoms with E-state index in [2.05, 4.69) is 40.5 Å². The largest absolute Gasteiger partial charge is 0.493 e. The van der Waals surface area contributed by atoms with E-state index in [4.69, 9.17) is 20.9 Å². The Balaban J connectivity index is 2.16. The molecule has 0 amide bonds. The lowest BCUT2D eigenvalue weighted by molar-refractivity contribution is 0.328. The Kier molecular flexibility index (Phi) is 8.07. The number of aromatic nitrogens is 2. The molecule has 0 radical (unpaired) electrons. The van der Waals surface area contributed by atoms with Crippen LogP contribution in [0.5, 0.6) is 11.5 Å². The van der Waals surface area contributed by atoms with Crippen molar-refractivity contribution in [2.75, 3.05) is 13.7 Å². The number of methoxy groups -OCH3 is 1. The molecule has 7 heteroatoms. The normalized spacial score (nSPS) is 12.0. The van der Waals surface area contributed by atoms with Crippen molar-refractivity contribution in [2.24, 2.45) is 5.10 Å². The van der Waals surface area contributed by atoms with Crippen molar-refractivity contribution in [1.29, 1.82) is 0 Å². The zero-order chi connectivity index (χ0) is 24.0. The topological polar surface area (TPSA) is 65.7 Å². The van der Waals surface area contributed by atoms with Crippen molar-refractivity contribution in [3.63, 3.8) is 0 Å². The fourth-order valence-corrected chi connectivity index (χ4v) is 3.76. The van der Waals surface area contributed by atoms with E-state index in [1.54, 1.807) is 31.5 Å². The molecule has 0 fully saturated rings. The van der Waals surface area contributed by atoms with E-state index >= 15 is 0 Å². The first kappa shape index (κ1) is 24.3. The van der Waals surface area contributed by atoms with E-state index in [1.807, 2.05) is 25.1 Å². The highest BCUT2D eigenvalue weighted by Crippen LogP contribution is 2.33. The summed E-state index contributed by atoms with van der Waals surface area (Å²) in [6, 6.07) is 9.18. The summed E-state index contributed by atoms with van der Waals surface area (Å²) in [6.45, 7) is 8.02. The Morgan fingerprint density at radius 3 is 2.82 bits per heavy atom. The Morgan fingerprint density at radius 1 is 1.36 bits per heavy atom. The highest BCUT2D eigenvalue weighted by molar-refractivity contribution is 9.10. The number of ether oxygens (including phenoxy) is 2. The van der Waals surface area contributed by atoms with Crippen LogP contribution >= 0.6 is 15.9 Å². The second kappa shape index (κ2) is 11.0. The van der Waals surface area contributed by atoms with Crippen LogP contribution in [0, 0.1) is 12.3 Å². The molecule has 6 nitrogen and oxygen atoms in total. The molecule has 170 valence electrons. The number of terminal acetylenes is 1. The molecule has 0 saturated carbocycles. The summed E-state index contributed by atoms with van der Waals surface area (Å²) in [5.74, 6) is 4.23. The first-order chi connectivity index (χ1) is 15.9. The maximum Gasteiger partial charge on any atom is 0.282 e. The minimum Gasteiger partial charge on any atom is -0.493 e. The smallest absolute Gasteiger partial charge is 0.282 e. The van der Waals surface area contributed by atoms with Gasteiger partial charge in [0.2, 0.25) is 0 Å². The maximum atomic E-state index is 13.3. The standard InChI is InChI=1S/C26H26BrN3O3/c1-6-9-19-13-18(14-23(32-5)24(19)33-12-7-2)16-28-30-25(17(4)8-3)29-22-11-10-20(27)15-21(22)26(30)31/h2,6,10-11,13-17H,1,8-9,12H2,3-5H3/t17-/m1/s1.